The number of hydrogen-bond acceptors (Lipinski definition) is 2. The Morgan fingerprint density at radius 2 is 1.96 bits per heavy atom. The fourth-order valence-electron chi connectivity index (χ4n) is 5.81. The van der Waals surface area contributed by atoms with Crippen LogP contribution in [0.4, 0.5) is 0 Å². The topological polar surface area (TPSA) is 57.6 Å². The zero-order valence-corrected chi connectivity index (χ0v) is 14.2. The SMILES string of the molecule is CC12CN(C(=O)C=Cc3ccccc3)C3(C(=O)O)CC1CCC23C. The van der Waals surface area contributed by atoms with Crippen molar-refractivity contribution in [3.05, 3.63) is 42.0 Å². The van der Waals surface area contributed by atoms with Crippen molar-refractivity contribution in [2.75, 3.05) is 6.54 Å². The Morgan fingerprint density at radius 1 is 1.25 bits per heavy atom. The van der Waals surface area contributed by atoms with Crippen LogP contribution in [0, 0.1) is 16.7 Å². The van der Waals surface area contributed by atoms with E-state index in [0.717, 1.165) is 18.4 Å². The third-order valence-electron chi connectivity index (χ3n) is 7.39. The number of nitrogens with zero attached hydrogens (tertiary/aromatic N) is 1. The van der Waals surface area contributed by atoms with E-state index in [1.807, 2.05) is 30.3 Å². The Kier molecular flexibility index (Phi) is 3.03. The normalized spacial score (nSPS) is 39.8. The monoisotopic (exact) mass is 325 g/mol. The summed E-state index contributed by atoms with van der Waals surface area (Å²) in [5.74, 6) is -0.602. The summed E-state index contributed by atoms with van der Waals surface area (Å²) >= 11 is 0. The molecule has 2 saturated carbocycles. The Bertz CT molecular complexity index is 743. The number of benzene rings is 1. The molecule has 3 aliphatic rings. The summed E-state index contributed by atoms with van der Waals surface area (Å²) in [4.78, 5) is 26.8. The van der Waals surface area contributed by atoms with Gasteiger partial charge in [-0.3, -0.25) is 4.79 Å². The molecule has 2 aliphatic carbocycles. The number of hydrogen-bond donors (Lipinski definition) is 1. The maximum Gasteiger partial charge on any atom is 0.330 e. The molecule has 4 unspecified atom stereocenters. The second-order valence-corrected chi connectivity index (χ2v) is 8.02. The molecule has 4 rings (SSSR count). The second-order valence-electron chi connectivity index (χ2n) is 8.02. The molecular weight excluding hydrogens is 302 g/mol. The number of likely N-dealkylation sites (tertiary alicyclic amines) is 1. The molecule has 1 amide bonds. The molecule has 4 bridgehead atoms. The fourth-order valence-corrected chi connectivity index (χ4v) is 5.81. The smallest absolute Gasteiger partial charge is 0.330 e. The van der Waals surface area contributed by atoms with Gasteiger partial charge in [-0.1, -0.05) is 44.2 Å². The van der Waals surface area contributed by atoms with Gasteiger partial charge in [0.05, 0.1) is 0 Å². The number of carboxylic acid groups (broad SMARTS) is 1. The van der Waals surface area contributed by atoms with Crippen molar-refractivity contribution in [3.8, 4) is 0 Å². The molecule has 4 heteroatoms. The third-order valence-corrected chi connectivity index (χ3v) is 7.39. The molecule has 126 valence electrons. The number of piperidine rings is 1. The first kappa shape index (κ1) is 15.4. The number of rotatable bonds is 3. The van der Waals surface area contributed by atoms with Crippen LogP contribution in [0.5, 0.6) is 0 Å². The molecule has 0 spiro atoms. The van der Waals surface area contributed by atoms with Crippen LogP contribution in [-0.2, 0) is 9.59 Å². The minimum atomic E-state index is -1.04. The third kappa shape index (κ3) is 1.59. The molecule has 1 N–H and O–H groups in total. The van der Waals surface area contributed by atoms with Crippen molar-refractivity contribution in [1.82, 2.24) is 4.90 Å². The lowest BCUT2D eigenvalue weighted by molar-refractivity contribution is -0.162. The van der Waals surface area contributed by atoms with Crippen LogP contribution in [0.3, 0.4) is 0 Å². The first-order valence-corrected chi connectivity index (χ1v) is 8.63. The highest BCUT2D eigenvalue weighted by Crippen LogP contribution is 2.75. The van der Waals surface area contributed by atoms with E-state index in [-0.39, 0.29) is 16.7 Å². The lowest BCUT2D eigenvalue weighted by Crippen LogP contribution is -2.60. The molecule has 1 aliphatic heterocycles. The van der Waals surface area contributed by atoms with Crippen molar-refractivity contribution in [2.45, 2.75) is 38.6 Å². The van der Waals surface area contributed by atoms with Gasteiger partial charge >= 0.3 is 5.97 Å². The minimum Gasteiger partial charge on any atom is -0.479 e. The van der Waals surface area contributed by atoms with Crippen LogP contribution in [0.2, 0.25) is 0 Å². The summed E-state index contributed by atoms with van der Waals surface area (Å²) in [5.41, 5.74) is -0.504. The highest BCUT2D eigenvalue weighted by atomic mass is 16.4. The zero-order valence-electron chi connectivity index (χ0n) is 14.2. The highest BCUT2D eigenvalue weighted by molar-refractivity contribution is 5.97. The van der Waals surface area contributed by atoms with Crippen LogP contribution in [0.1, 0.15) is 38.7 Å². The number of carbonyl (C=O) groups is 2. The zero-order chi connectivity index (χ0) is 17.2. The lowest BCUT2D eigenvalue weighted by atomic mass is 9.65. The Labute approximate surface area is 142 Å². The summed E-state index contributed by atoms with van der Waals surface area (Å²) in [6.45, 7) is 4.82. The van der Waals surface area contributed by atoms with Gasteiger partial charge in [0.2, 0.25) is 5.91 Å². The van der Waals surface area contributed by atoms with E-state index in [0.29, 0.717) is 18.9 Å². The summed E-state index contributed by atoms with van der Waals surface area (Å²) in [5, 5.41) is 10.1. The predicted molar refractivity (Wildman–Crippen MR) is 91.1 cm³/mol. The van der Waals surface area contributed by atoms with E-state index in [9.17, 15) is 14.7 Å². The number of carbonyl (C=O) groups excluding carboxylic acids is 1. The standard InChI is InChI=1S/C20H23NO3/c1-18-13-21(16(22)9-8-14-6-4-3-5-7-14)20(17(23)24)12-15(18)10-11-19(18,20)2/h3-9,15H,10-13H2,1-2H3,(H,23,24). The molecule has 4 atom stereocenters. The largest absolute Gasteiger partial charge is 0.479 e. The molecule has 0 aromatic heterocycles. The summed E-state index contributed by atoms with van der Waals surface area (Å²) < 4.78 is 0. The number of carboxylic acids is 1. The maximum absolute atomic E-state index is 12.9. The molecular formula is C20H23NO3. The van der Waals surface area contributed by atoms with Crippen LogP contribution in [0.25, 0.3) is 6.08 Å². The van der Waals surface area contributed by atoms with Crippen molar-refractivity contribution in [2.24, 2.45) is 16.7 Å². The van der Waals surface area contributed by atoms with Gasteiger partial charge in [-0.2, -0.15) is 0 Å². The average molecular weight is 325 g/mol. The van der Waals surface area contributed by atoms with Crippen molar-refractivity contribution in [1.29, 1.82) is 0 Å². The van der Waals surface area contributed by atoms with Crippen LogP contribution >= 0.6 is 0 Å². The Hall–Kier alpha value is -2.10. The van der Waals surface area contributed by atoms with Gasteiger partial charge in [0.25, 0.3) is 0 Å². The Morgan fingerprint density at radius 3 is 2.58 bits per heavy atom. The van der Waals surface area contributed by atoms with Crippen molar-refractivity contribution < 1.29 is 14.7 Å². The van der Waals surface area contributed by atoms with Gasteiger partial charge in [0, 0.05) is 18.0 Å². The van der Waals surface area contributed by atoms with E-state index in [2.05, 4.69) is 13.8 Å². The fraction of sp³-hybridized carbons (Fsp3) is 0.500. The molecule has 0 radical (unpaired) electrons. The molecule has 1 aromatic rings. The van der Waals surface area contributed by atoms with Gasteiger partial charge in [0.1, 0.15) is 5.54 Å². The molecule has 3 fully saturated rings. The van der Waals surface area contributed by atoms with E-state index in [4.69, 9.17) is 0 Å². The van der Waals surface area contributed by atoms with Crippen molar-refractivity contribution in [3.63, 3.8) is 0 Å². The number of amides is 1. The molecule has 4 nitrogen and oxygen atoms in total. The molecule has 1 heterocycles. The highest BCUT2D eigenvalue weighted by Gasteiger charge is 2.81. The van der Waals surface area contributed by atoms with Gasteiger partial charge < -0.3 is 10.0 Å². The predicted octanol–water partition coefficient (Wildman–Crippen LogP) is 3.19. The van der Waals surface area contributed by atoms with E-state index < -0.39 is 11.5 Å². The summed E-state index contributed by atoms with van der Waals surface area (Å²) in [6, 6.07) is 9.62. The van der Waals surface area contributed by atoms with Gasteiger partial charge in [-0.25, -0.2) is 4.79 Å². The second kappa shape index (κ2) is 4.71. The quantitative estimate of drug-likeness (QED) is 0.868. The van der Waals surface area contributed by atoms with Gasteiger partial charge in [-0.15, -0.1) is 0 Å². The minimum absolute atomic E-state index is 0.0817. The maximum atomic E-state index is 12.9. The average Bonchev–Trinajstić information content (AvgIpc) is 3.03. The van der Waals surface area contributed by atoms with E-state index >= 15 is 0 Å². The van der Waals surface area contributed by atoms with E-state index in [1.165, 1.54) is 6.08 Å². The lowest BCUT2D eigenvalue weighted by Gasteiger charge is -2.44. The summed E-state index contributed by atoms with van der Waals surface area (Å²) in [6.07, 6.45) is 5.88. The Balaban J connectivity index is 1.68. The molecule has 1 saturated heterocycles. The summed E-state index contributed by atoms with van der Waals surface area (Å²) in [7, 11) is 0. The van der Waals surface area contributed by atoms with Gasteiger partial charge in [-0.05, 0) is 42.2 Å². The van der Waals surface area contributed by atoms with Crippen LogP contribution in [-0.4, -0.2) is 34.0 Å². The van der Waals surface area contributed by atoms with Crippen molar-refractivity contribution >= 4 is 18.0 Å². The first-order valence-electron chi connectivity index (χ1n) is 8.63. The molecule has 1 aromatic carbocycles. The van der Waals surface area contributed by atoms with Gasteiger partial charge in [0.15, 0.2) is 0 Å². The van der Waals surface area contributed by atoms with Crippen LogP contribution < -0.4 is 0 Å². The molecule has 24 heavy (non-hydrogen) atoms. The first-order chi connectivity index (χ1) is 11.3. The van der Waals surface area contributed by atoms with Crippen LogP contribution in [0.15, 0.2) is 36.4 Å². The van der Waals surface area contributed by atoms with E-state index in [1.54, 1.807) is 11.0 Å². The number of aliphatic carboxylic acids is 1.